The molecule has 2 heterocycles. The Morgan fingerprint density at radius 2 is 2.05 bits per heavy atom. The third kappa shape index (κ3) is 1.89. The minimum atomic E-state index is -0.271. The highest BCUT2D eigenvalue weighted by Crippen LogP contribution is 2.25. The molecule has 1 aromatic heterocycles. The van der Waals surface area contributed by atoms with Crippen LogP contribution in [-0.2, 0) is 0 Å². The summed E-state index contributed by atoms with van der Waals surface area (Å²) in [6.07, 6.45) is 0. The molecule has 1 aliphatic heterocycles. The zero-order chi connectivity index (χ0) is 14.4. The van der Waals surface area contributed by atoms with Crippen LogP contribution in [0.4, 0.5) is 4.39 Å². The molecule has 1 saturated heterocycles. The van der Waals surface area contributed by atoms with Crippen molar-refractivity contribution in [1.29, 1.82) is 0 Å². The van der Waals surface area contributed by atoms with Crippen molar-refractivity contribution >= 4 is 16.8 Å². The van der Waals surface area contributed by atoms with E-state index < -0.39 is 0 Å². The van der Waals surface area contributed by atoms with Crippen molar-refractivity contribution in [3.63, 3.8) is 0 Å². The minimum absolute atomic E-state index is 0.0950. The highest BCUT2D eigenvalue weighted by atomic mass is 19.1. The van der Waals surface area contributed by atoms with E-state index in [1.54, 1.807) is 24.9 Å². The zero-order valence-electron chi connectivity index (χ0n) is 11.9. The van der Waals surface area contributed by atoms with Gasteiger partial charge in [-0.3, -0.25) is 4.79 Å². The van der Waals surface area contributed by atoms with Gasteiger partial charge in [-0.25, -0.2) is 4.39 Å². The Hall–Kier alpha value is -1.88. The normalized spacial score (nSPS) is 15.4. The van der Waals surface area contributed by atoms with Gasteiger partial charge in [0.1, 0.15) is 11.5 Å². The van der Waals surface area contributed by atoms with E-state index in [0.29, 0.717) is 16.8 Å². The SMILES string of the molecule is Cc1cc2cc(C(=O)N(C)C3CNC3)[nH]c2c(F)c1C. The van der Waals surface area contributed by atoms with Gasteiger partial charge < -0.3 is 15.2 Å². The highest BCUT2D eigenvalue weighted by Gasteiger charge is 2.27. The highest BCUT2D eigenvalue weighted by molar-refractivity contribution is 5.98. The lowest BCUT2D eigenvalue weighted by Gasteiger charge is -2.35. The smallest absolute Gasteiger partial charge is 0.270 e. The van der Waals surface area contributed by atoms with E-state index >= 15 is 0 Å². The Bertz CT molecular complexity index is 688. The van der Waals surface area contributed by atoms with Gasteiger partial charge >= 0.3 is 0 Å². The Kier molecular flexibility index (Phi) is 3.01. The molecule has 0 atom stereocenters. The molecular formula is C15H18FN3O. The first-order valence-corrected chi connectivity index (χ1v) is 6.75. The van der Waals surface area contributed by atoms with Gasteiger partial charge in [0.05, 0.1) is 11.6 Å². The van der Waals surface area contributed by atoms with Gasteiger partial charge in [0.2, 0.25) is 0 Å². The largest absolute Gasteiger partial charge is 0.348 e. The monoisotopic (exact) mass is 275 g/mol. The zero-order valence-corrected chi connectivity index (χ0v) is 11.9. The summed E-state index contributed by atoms with van der Waals surface area (Å²) >= 11 is 0. The first-order valence-electron chi connectivity index (χ1n) is 6.75. The van der Waals surface area contributed by atoms with Crippen LogP contribution < -0.4 is 5.32 Å². The molecule has 0 spiro atoms. The number of hydrogen-bond acceptors (Lipinski definition) is 2. The van der Waals surface area contributed by atoms with E-state index in [0.717, 1.165) is 24.0 Å². The number of aromatic nitrogens is 1. The van der Waals surface area contributed by atoms with Crippen LogP contribution in [0.5, 0.6) is 0 Å². The number of aromatic amines is 1. The van der Waals surface area contributed by atoms with Crippen LogP contribution in [0, 0.1) is 19.7 Å². The number of nitrogens with zero attached hydrogens (tertiary/aromatic N) is 1. The number of halogens is 1. The quantitative estimate of drug-likeness (QED) is 0.880. The molecule has 1 amide bonds. The van der Waals surface area contributed by atoms with Crippen LogP contribution in [0.15, 0.2) is 12.1 Å². The Labute approximate surface area is 117 Å². The number of likely N-dealkylation sites (N-methyl/N-ethyl adjacent to an activating group) is 1. The average Bonchev–Trinajstić information content (AvgIpc) is 2.77. The molecule has 3 rings (SSSR count). The average molecular weight is 275 g/mol. The lowest BCUT2D eigenvalue weighted by molar-refractivity contribution is 0.0676. The van der Waals surface area contributed by atoms with Crippen LogP contribution in [-0.4, -0.2) is 42.0 Å². The molecule has 2 aromatic rings. The van der Waals surface area contributed by atoms with Crippen molar-refractivity contribution in [2.75, 3.05) is 20.1 Å². The molecule has 1 aliphatic rings. The van der Waals surface area contributed by atoms with Crippen molar-refractivity contribution in [2.24, 2.45) is 0 Å². The summed E-state index contributed by atoms with van der Waals surface area (Å²) in [5.41, 5.74) is 2.37. The first kappa shape index (κ1) is 13.1. The Morgan fingerprint density at radius 3 is 2.65 bits per heavy atom. The number of benzene rings is 1. The molecule has 0 unspecified atom stereocenters. The number of carbonyl (C=O) groups excluding carboxylic acids is 1. The van der Waals surface area contributed by atoms with Gasteiger partial charge in [-0.2, -0.15) is 0 Å². The summed E-state index contributed by atoms with van der Waals surface area (Å²) in [7, 11) is 1.78. The van der Waals surface area contributed by atoms with E-state index in [-0.39, 0.29) is 17.8 Å². The van der Waals surface area contributed by atoms with Gasteiger partial charge in [-0.1, -0.05) is 0 Å². The fraction of sp³-hybridized carbons (Fsp3) is 0.400. The molecule has 0 radical (unpaired) electrons. The first-order chi connectivity index (χ1) is 9.49. The molecule has 2 N–H and O–H groups in total. The minimum Gasteiger partial charge on any atom is -0.348 e. The van der Waals surface area contributed by atoms with Gasteiger partial charge in [0, 0.05) is 25.5 Å². The molecule has 0 aliphatic carbocycles. The second-order valence-corrected chi connectivity index (χ2v) is 5.51. The van der Waals surface area contributed by atoms with E-state index in [2.05, 4.69) is 10.3 Å². The maximum absolute atomic E-state index is 14.2. The summed E-state index contributed by atoms with van der Waals surface area (Å²) < 4.78 is 14.2. The van der Waals surface area contributed by atoms with Gasteiger partial charge in [-0.05, 0) is 37.1 Å². The van der Waals surface area contributed by atoms with Crippen LogP contribution in [0.1, 0.15) is 21.6 Å². The maximum atomic E-state index is 14.2. The lowest BCUT2D eigenvalue weighted by atomic mass is 10.1. The number of nitrogens with one attached hydrogen (secondary N) is 2. The predicted octanol–water partition coefficient (Wildman–Crippen LogP) is 1.97. The molecule has 1 aromatic carbocycles. The van der Waals surface area contributed by atoms with Gasteiger partial charge in [0.25, 0.3) is 5.91 Å². The standard InChI is InChI=1S/C15H18FN3O/c1-8-4-10-5-12(18-14(10)13(16)9(8)2)15(20)19(3)11-6-17-7-11/h4-5,11,17-18H,6-7H2,1-3H3. The van der Waals surface area contributed by atoms with Crippen molar-refractivity contribution in [3.8, 4) is 0 Å². The second kappa shape index (κ2) is 4.59. The summed E-state index contributed by atoms with van der Waals surface area (Å²) in [5.74, 6) is -0.366. The summed E-state index contributed by atoms with van der Waals surface area (Å²) in [6, 6.07) is 3.86. The van der Waals surface area contributed by atoms with E-state index in [9.17, 15) is 9.18 Å². The van der Waals surface area contributed by atoms with Crippen molar-refractivity contribution in [3.05, 3.63) is 34.8 Å². The van der Waals surface area contributed by atoms with Crippen molar-refractivity contribution < 1.29 is 9.18 Å². The van der Waals surface area contributed by atoms with Crippen LogP contribution in [0.25, 0.3) is 10.9 Å². The summed E-state index contributed by atoms with van der Waals surface area (Å²) in [4.78, 5) is 17.0. The number of hydrogen-bond donors (Lipinski definition) is 2. The van der Waals surface area contributed by atoms with E-state index in [4.69, 9.17) is 0 Å². The van der Waals surface area contributed by atoms with Crippen molar-refractivity contribution in [2.45, 2.75) is 19.9 Å². The molecule has 0 bridgehead atoms. The number of amides is 1. The molecule has 1 fully saturated rings. The van der Waals surface area contributed by atoms with E-state index in [1.165, 1.54) is 0 Å². The van der Waals surface area contributed by atoms with Crippen molar-refractivity contribution in [1.82, 2.24) is 15.2 Å². The van der Waals surface area contributed by atoms with Gasteiger partial charge in [0.15, 0.2) is 0 Å². The molecule has 106 valence electrons. The van der Waals surface area contributed by atoms with Gasteiger partial charge in [-0.15, -0.1) is 0 Å². The summed E-state index contributed by atoms with van der Waals surface area (Å²) in [6.45, 7) is 5.25. The van der Waals surface area contributed by atoms with Crippen LogP contribution in [0.2, 0.25) is 0 Å². The molecule has 0 saturated carbocycles. The van der Waals surface area contributed by atoms with Crippen LogP contribution >= 0.6 is 0 Å². The number of fused-ring (bicyclic) bond motifs is 1. The third-order valence-electron chi connectivity index (χ3n) is 4.22. The third-order valence-corrected chi connectivity index (χ3v) is 4.22. The number of rotatable bonds is 2. The molecule has 5 heteroatoms. The fourth-order valence-corrected chi connectivity index (χ4v) is 2.49. The molecule has 20 heavy (non-hydrogen) atoms. The number of H-pyrrole nitrogens is 1. The lowest BCUT2D eigenvalue weighted by Crippen LogP contribution is -2.57. The van der Waals surface area contributed by atoms with Crippen LogP contribution in [0.3, 0.4) is 0 Å². The number of aryl methyl sites for hydroxylation is 1. The predicted molar refractivity (Wildman–Crippen MR) is 76.5 cm³/mol. The fourth-order valence-electron chi connectivity index (χ4n) is 2.49. The number of carbonyl (C=O) groups is 1. The van der Waals surface area contributed by atoms with E-state index in [1.807, 2.05) is 13.0 Å². The molecule has 4 nitrogen and oxygen atoms in total. The topological polar surface area (TPSA) is 48.1 Å². The second-order valence-electron chi connectivity index (χ2n) is 5.51. The maximum Gasteiger partial charge on any atom is 0.270 e. The Balaban J connectivity index is 2.00. The summed E-state index contributed by atoms with van der Waals surface area (Å²) in [5, 5.41) is 3.88. The Morgan fingerprint density at radius 1 is 1.35 bits per heavy atom. The molecular weight excluding hydrogens is 257 g/mol.